The van der Waals surface area contributed by atoms with Crippen molar-refractivity contribution >= 4 is 10.0 Å². The maximum absolute atomic E-state index is 13.0. The third-order valence-electron chi connectivity index (χ3n) is 5.08. The Bertz CT molecular complexity index is 690. The Morgan fingerprint density at radius 3 is 2.87 bits per heavy atom. The minimum absolute atomic E-state index is 0.0491. The molecule has 0 aliphatic carbocycles. The first-order valence-corrected chi connectivity index (χ1v) is 9.26. The zero-order valence-corrected chi connectivity index (χ0v) is 14.3. The van der Waals surface area contributed by atoms with Crippen molar-refractivity contribution in [2.45, 2.75) is 18.2 Å². The highest BCUT2D eigenvalue weighted by molar-refractivity contribution is 7.89. The van der Waals surface area contributed by atoms with E-state index >= 15 is 0 Å². The minimum Gasteiger partial charge on any atom is -0.496 e. The number of ether oxygens (including phenoxy) is 2. The number of fused-ring (bicyclic) bond motifs is 1. The van der Waals surface area contributed by atoms with Gasteiger partial charge in [0.25, 0.3) is 0 Å². The number of aryl methyl sites for hydroxylation is 1. The van der Waals surface area contributed by atoms with E-state index < -0.39 is 15.4 Å². The summed E-state index contributed by atoms with van der Waals surface area (Å²) in [5, 5.41) is 9.71. The van der Waals surface area contributed by atoms with E-state index in [1.165, 1.54) is 4.31 Å². The zero-order chi connectivity index (χ0) is 16.7. The summed E-state index contributed by atoms with van der Waals surface area (Å²) in [6, 6.07) is 4.97. The molecule has 128 valence electrons. The largest absolute Gasteiger partial charge is 0.496 e. The number of nitrogens with zero attached hydrogens (tertiary/aromatic N) is 1. The molecule has 0 amide bonds. The number of benzene rings is 1. The fourth-order valence-electron chi connectivity index (χ4n) is 3.53. The number of sulfonamides is 1. The van der Waals surface area contributed by atoms with Crippen LogP contribution in [0.1, 0.15) is 12.5 Å². The molecule has 0 saturated carbocycles. The van der Waals surface area contributed by atoms with Gasteiger partial charge in [-0.2, -0.15) is 4.31 Å². The van der Waals surface area contributed by atoms with Crippen molar-refractivity contribution in [1.82, 2.24) is 4.31 Å². The lowest BCUT2D eigenvalue weighted by Crippen LogP contribution is -2.36. The summed E-state index contributed by atoms with van der Waals surface area (Å²) in [7, 11) is -2.00. The van der Waals surface area contributed by atoms with Gasteiger partial charge in [-0.05, 0) is 30.2 Å². The maximum atomic E-state index is 13.0. The lowest BCUT2D eigenvalue weighted by Gasteiger charge is -2.24. The first-order chi connectivity index (χ1) is 11.0. The Hall–Kier alpha value is -1.15. The topological polar surface area (TPSA) is 76.1 Å². The molecule has 2 saturated heterocycles. The molecule has 1 aromatic carbocycles. The molecule has 0 unspecified atom stereocenters. The second-order valence-electron chi connectivity index (χ2n) is 6.36. The van der Waals surface area contributed by atoms with Crippen LogP contribution in [0.15, 0.2) is 23.1 Å². The monoisotopic (exact) mass is 341 g/mol. The van der Waals surface area contributed by atoms with Crippen molar-refractivity contribution in [2.24, 2.45) is 11.3 Å². The third kappa shape index (κ3) is 2.65. The molecule has 2 fully saturated rings. The van der Waals surface area contributed by atoms with Crippen LogP contribution < -0.4 is 4.74 Å². The van der Waals surface area contributed by atoms with Crippen LogP contribution >= 0.6 is 0 Å². The van der Waals surface area contributed by atoms with Gasteiger partial charge >= 0.3 is 0 Å². The van der Waals surface area contributed by atoms with Crippen molar-refractivity contribution < 1.29 is 23.0 Å². The van der Waals surface area contributed by atoms with E-state index in [9.17, 15) is 13.5 Å². The predicted molar refractivity (Wildman–Crippen MR) is 85.0 cm³/mol. The molecule has 0 aromatic heterocycles. The van der Waals surface area contributed by atoms with E-state index in [4.69, 9.17) is 9.47 Å². The summed E-state index contributed by atoms with van der Waals surface area (Å²) in [5.41, 5.74) is 0.417. The van der Waals surface area contributed by atoms with Gasteiger partial charge in [0.05, 0.1) is 31.8 Å². The molecule has 23 heavy (non-hydrogen) atoms. The Balaban J connectivity index is 1.91. The second-order valence-corrected chi connectivity index (χ2v) is 8.30. The van der Waals surface area contributed by atoms with Crippen LogP contribution in [0.5, 0.6) is 5.75 Å². The number of hydrogen-bond acceptors (Lipinski definition) is 5. The van der Waals surface area contributed by atoms with Gasteiger partial charge in [0.1, 0.15) is 5.75 Å². The molecule has 0 radical (unpaired) electrons. The molecule has 6 nitrogen and oxygen atoms in total. The molecule has 1 N–H and O–H groups in total. The van der Waals surface area contributed by atoms with Crippen LogP contribution in [0, 0.1) is 11.3 Å². The van der Waals surface area contributed by atoms with Gasteiger partial charge in [-0.25, -0.2) is 8.42 Å². The van der Waals surface area contributed by atoms with Crippen LogP contribution in [0.25, 0.3) is 0 Å². The van der Waals surface area contributed by atoms with Crippen LogP contribution in [0.2, 0.25) is 0 Å². The van der Waals surface area contributed by atoms with Crippen LogP contribution in [-0.4, -0.2) is 57.8 Å². The number of aliphatic hydroxyl groups is 1. The SMILES string of the molecule is CCc1cc(S(=O)(=O)N2C[C@H]3COC[C@@]3(CO)C2)ccc1OC. The number of rotatable bonds is 5. The highest BCUT2D eigenvalue weighted by Crippen LogP contribution is 2.42. The quantitative estimate of drug-likeness (QED) is 0.861. The average molecular weight is 341 g/mol. The molecule has 2 atom stereocenters. The van der Waals surface area contributed by atoms with Gasteiger partial charge in [-0.3, -0.25) is 0 Å². The highest BCUT2D eigenvalue weighted by Gasteiger charge is 2.53. The Labute approximate surface area is 137 Å². The predicted octanol–water partition coefficient (Wildman–Crippen LogP) is 0.887. The number of aliphatic hydroxyl groups excluding tert-OH is 1. The normalized spacial score (nSPS) is 28.0. The van der Waals surface area contributed by atoms with Crippen LogP contribution in [-0.2, 0) is 21.2 Å². The van der Waals surface area contributed by atoms with Gasteiger partial charge in [0.2, 0.25) is 10.0 Å². The van der Waals surface area contributed by atoms with Crippen LogP contribution in [0.4, 0.5) is 0 Å². The minimum atomic E-state index is -3.58. The lowest BCUT2D eigenvalue weighted by atomic mass is 9.82. The van der Waals surface area contributed by atoms with E-state index in [1.54, 1.807) is 25.3 Å². The molecule has 1 aromatic rings. The molecular formula is C16H23NO5S. The molecule has 2 heterocycles. The smallest absolute Gasteiger partial charge is 0.243 e. The molecule has 7 heteroatoms. The second kappa shape index (κ2) is 6.05. The Kier molecular flexibility index (Phi) is 4.39. The fourth-order valence-corrected chi connectivity index (χ4v) is 5.16. The van der Waals surface area contributed by atoms with Crippen molar-refractivity contribution in [1.29, 1.82) is 0 Å². The fraction of sp³-hybridized carbons (Fsp3) is 0.625. The standard InChI is InChI=1S/C16H23NO5S/c1-3-12-6-14(4-5-15(12)21-2)23(19,20)17-7-13-8-22-11-16(13,9-17)10-18/h4-6,13,18H,3,7-11H2,1-2H3/t13-,16-/m0/s1. The molecule has 2 aliphatic rings. The Morgan fingerprint density at radius 1 is 1.48 bits per heavy atom. The summed E-state index contributed by atoms with van der Waals surface area (Å²) < 4.78 is 38.1. The summed E-state index contributed by atoms with van der Waals surface area (Å²) in [6.45, 7) is 3.55. The summed E-state index contributed by atoms with van der Waals surface area (Å²) >= 11 is 0. The Morgan fingerprint density at radius 2 is 2.26 bits per heavy atom. The van der Waals surface area contributed by atoms with Crippen molar-refractivity contribution in [3.63, 3.8) is 0 Å². The van der Waals surface area contributed by atoms with Gasteiger partial charge < -0.3 is 14.6 Å². The lowest BCUT2D eigenvalue weighted by molar-refractivity contribution is 0.0905. The molecular weight excluding hydrogens is 318 g/mol. The summed E-state index contributed by atoms with van der Waals surface area (Å²) in [5.74, 6) is 0.760. The van der Waals surface area contributed by atoms with Gasteiger partial charge in [-0.1, -0.05) is 6.92 Å². The number of methoxy groups -OCH3 is 1. The van der Waals surface area contributed by atoms with E-state index in [0.717, 1.165) is 5.56 Å². The van der Waals surface area contributed by atoms with E-state index in [2.05, 4.69) is 0 Å². The first kappa shape index (κ1) is 16.7. The van der Waals surface area contributed by atoms with Crippen molar-refractivity contribution in [3.8, 4) is 5.75 Å². The van der Waals surface area contributed by atoms with Crippen molar-refractivity contribution in [3.05, 3.63) is 23.8 Å². The number of hydrogen-bond donors (Lipinski definition) is 1. The summed E-state index contributed by atoms with van der Waals surface area (Å²) in [4.78, 5) is 0.282. The van der Waals surface area contributed by atoms with Gasteiger partial charge in [0.15, 0.2) is 0 Å². The maximum Gasteiger partial charge on any atom is 0.243 e. The average Bonchev–Trinajstić information content (AvgIpc) is 3.11. The van der Waals surface area contributed by atoms with Crippen LogP contribution in [0.3, 0.4) is 0 Å². The van der Waals surface area contributed by atoms with E-state index in [1.807, 2.05) is 6.92 Å². The summed E-state index contributed by atoms with van der Waals surface area (Å²) in [6.07, 6.45) is 0.698. The molecule has 0 bridgehead atoms. The molecule has 0 spiro atoms. The van der Waals surface area contributed by atoms with Gasteiger partial charge in [0, 0.05) is 24.4 Å². The molecule has 2 aliphatic heterocycles. The first-order valence-electron chi connectivity index (χ1n) is 7.82. The molecule has 3 rings (SSSR count). The van der Waals surface area contributed by atoms with Gasteiger partial charge in [-0.15, -0.1) is 0 Å². The van der Waals surface area contributed by atoms with Crippen molar-refractivity contribution in [2.75, 3.05) is 40.0 Å². The zero-order valence-electron chi connectivity index (χ0n) is 13.5. The van der Waals surface area contributed by atoms with E-state index in [-0.39, 0.29) is 17.4 Å². The third-order valence-corrected chi connectivity index (χ3v) is 6.88. The van der Waals surface area contributed by atoms with E-state index in [0.29, 0.717) is 38.5 Å². The highest BCUT2D eigenvalue weighted by atomic mass is 32.2.